The molecule has 2 aromatic carbocycles. The first-order valence-electron chi connectivity index (χ1n) is 9.07. The second kappa shape index (κ2) is 7.60. The molecule has 0 fully saturated rings. The lowest BCUT2D eigenvalue weighted by Gasteiger charge is -2.28. The summed E-state index contributed by atoms with van der Waals surface area (Å²) in [6, 6.07) is 12.9. The van der Waals surface area contributed by atoms with Crippen molar-refractivity contribution in [1.29, 1.82) is 0 Å². The van der Waals surface area contributed by atoms with Crippen LogP contribution in [0.15, 0.2) is 64.8 Å². The van der Waals surface area contributed by atoms with Crippen molar-refractivity contribution in [3.63, 3.8) is 0 Å². The fraction of sp³-hybridized carbons (Fsp3) is 0.143. The van der Waals surface area contributed by atoms with E-state index in [4.69, 9.17) is 15.2 Å². The van der Waals surface area contributed by atoms with Gasteiger partial charge in [0.2, 0.25) is 10.6 Å². The van der Waals surface area contributed by atoms with Gasteiger partial charge in [0.05, 0.1) is 23.0 Å². The van der Waals surface area contributed by atoms with Crippen LogP contribution >= 0.6 is 11.3 Å². The maximum atomic E-state index is 13.1. The molecule has 1 aliphatic heterocycles. The van der Waals surface area contributed by atoms with Gasteiger partial charge in [-0.15, -0.1) is 0 Å². The summed E-state index contributed by atoms with van der Waals surface area (Å²) in [4.78, 5) is 36.3. The fourth-order valence-electron chi connectivity index (χ4n) is 3.50. The minimum Gasteiger partial charge on any atom is -0.462 e. The van der Waals surface area contributed by atoms with E-state index in [1.807, 2.05) is 12.1 Å². The third kappa shape index (κ3) is 3.18. The van der Waals surface area contributed by atoms with Crippen molar-refractivity contribution in [2.45, 2.75) is 12.8 Å². The van der Waals surface area contributed by atoms with E-state index in [9.17, 15) is 19.7 Å². The molecule has 1 atom stereocenters. The number of fused-ring (bicyclic) bond motifs is 3. The number of hydrogen-bond acceptors (Lipinski definition) is 8. The summed E-state index contributed by atoms with van der Waals surface area (Å²) in [5.74, 6) is -1.46. The number of nitro benzene ring substituents is 1. The average Bonchev–Trinajstić information content (AvgIpc) is 2.73. The molecular weight excluding hydrogens is 408 g/mol. The molecule has 0 radical (unpaired) electrons. The Bertz CT molecular complexity index is 1260. The molecular formula is C21H16N2O6S. The van der Waals surface area contributed by atoms with Crippen LogP contribution in [0.25, 0.3) is 10.1 Å². The predicted octanol–water partition coefficient (Wildman–Crippen LogP) is 3.43. The fourth-order valence-corrected chi connectivity index (χ4v) is 4.43. The molecule has 0 saturated carbocycles. The molecule has 8 nitrogen and oxygen atoms in total. The molecule has 2 heterocycles. The Balaban J connectivity index is 2.00. The third-order valence-corrected chi connectivity index (χ3v) is 5.77. The van der Waals surface area contributed by atoms with Gasteiger partial charge in [-0.3, -0.25) is 14.9 Å². The predicted molar refractivity (Wildman–Crippen MR) is 112 cm³/mol. The van der Waals surface area contributed by atoms with Crippen LogP contribution in [0.2, 0.25) is 0 Å². The van der Waals surface area contributed by atoms with Gasteiger partial charge in [0.1, 0.15) is 11.3 Å². The number of carbonyl (C=O) groups is 1. The van der Waals surface area contributed by atoms with Gasteiger partial charge in [-0.1, -0.05) is 35.6 Å². The summed E-state index contributed by atoms with van der Waals surface area (Å²) >= 11 is 1.03. The molecule has 0 aliphatic carbocycles. The highest BCUT2D eigenvalue weighted by atomic mass is 32.1. The molecule has 1 aromatic heterocycles. The van der Waals surface area contributed by atoms with Crippen LogP contribution in [0.3, 0.4) is 0 Å². The van der Waals surface area contributed by atoms with Gasteiger partial charge in [0.25, 0.3) is 5.69 Å². The van der Waals surface area contributed by atoms with Crippen LogP contribution in [0, 0.1) is 10.1 Å². The second-order valence-electron chi connectivity index (χ2n) is 6.51. The first-order valence-corrected chi connectivity index (χ1v) is 9.88. The van der Waals surface area contributed by atoms with Crippen LogP contribution in [-0.4, -0.2) is 17.5 Å². The highest BCUT2D eigenvalue weighted by molar-refractivity contribution is 7.16. The molecule has 4 rings (SSSR count). The number of rotatable bonds is 4. The number of carbonyl (C=O) groups excluding carboxylic acids is 1. The summed E-state index contributed by atoms with van der Waals surface area (Å²) < 4.78 is 11.3. The van der Waals surface area contributed by atoms with E-state index in [0.29, 0.717) is 10.9 Å². The molecule has 0 spiro atoms. The van der Waals surface area contributed by atoms with E-state index < -0.39 is 16.8 Å². The number of ether oxygens (including phenoxy) is 2. The molecule has 0 bridgehead atoms. The molecule has 152 valence electrons. The summed E-state index contributed by atoms with van der Waals surface area (Å²) in [5, 5.41) is 11.7. The van der Waals surface area contributed by atoms with E-state index in [0.717, 1.165) is 16.0 Å². The molecule has 0 saturated heterocycles. The van der Waals surface area contributed by atoms with Crippen LogP contribution in [0.4, 0.5) is 5.69 Å². The highest BCUT2D eigenvalue weighted by Gasteiger charge is 2.38. The van der Waals surface area contributed by atoms with Crippen molar-refractivity contribution in [2.24, 2.45) is 5.73 Å². The van der Waals surface area contributed by atoms with Crippen LogP contribution in [-0.2, 0) is 9.53 Å². The Hall–Kier alpha value is -3.72. The lowest BCUT2D eigenvalue weighted by Crippen LogP contribution is -2.30. The number of benzene rings is 2. The van der Waals surface area contributed by atoms with Crippen molar-refractivity contribution in [1.82, 2.24) is 0 Å². The van der Waals surface area contributed by atoms with Gasteiger partial charge in [0.15, 0.2) is 0 Å². The number of nitrogens with two attached hydrogens (primary N) is 1. The lowest BCUT2D eigenvalue weighted by atomic mass is 9.83. The Morgan fingerprint density at radius 2 is 1.93 bits per heavy atom. The van der Waals surface area contributed by atoms with Gasteiger partial charge in [-0.05, 0) is 24.6 Å². The molecule has 0 unspecified atom stereocenters. The monoisotopic (exact) mass is 424 g/mol. The number of non-ortho nitro benzene ring substituents is 1. The SMILES string of the molecule is CCOC(=O)C1=C(N)Oc2c(c(=O)sc3ccccc23)[C@@H]1c1ccc([N+](=O)[O-])cc1. The van der Waals surface area contributed by atoms with Crippen molar-refractivity contribution < 1.29 is 19.2 Å². The molecule has 9 heteroatoms. The van der Waals surface area contributed by atoms with Crippen LogP contribution < -0.4 is 15.2 Å². The van der Waals surface area contributed by atoms with Gasteiger partial charge in [-0.2, -0.15) is 0 Å². The molecule has 30 heavy (non-hydrogen) atoms. The van der Waals surface area contributed by atoms with Crippen molar-refractivity contribution in [3.05, 3.63) is 90.8 Å². The number of nitrogens with zero attached hydrogens (tertiary/aromatic N) is 1. The Morgan fingerprint density at radius 1 is 1.23 bits per heavy atom. The largest absolute Gasteiger partial charge is 0.462 e. The zero-order chi connectivity index (χ0) is 21.4. The zero-order valence-corrected chi connectivity index (χ0v) is 16.6. The maximum absolute atomic E-state index is 13.1. The average molecular weight is 424 g/mol. The van der Waals surface area contributed by atoms with Gasteiger partial charge < -0.3 is 15.2 Å². The number of nitro groups is 1. The molecule has 2 N–H and O–H groups in total. The van der Waals surface area contributed by atoms with Crippen molar-refractivity contribution in [3.8, 4) is 5.75 Å². The first kappa shape index (κ1) is 19.6. The van der Waals surface area contributed by atoms with E-state index >= 15 is 0 Å². The normalized spacial score (nSPS) is 15.4. The zero-order valence-electron chi connectivity index (χ0n) is 15.8. The molecule has 1 aliphatic rings. The summed E-state index contributed by atoms with van der Waals surface area (Å²) in [7, 11) is 0. The first-order chi connectivity index (χ1) is 14.4. The standard InChI is InChI=1S/C21H16N2O6S/c1-2-28-20(24)17-15(11-7-9-12(10-8-11)23(26)27)16-18(29-19(17)22)13-5-3-4-6-14(13)30-21(16)25/h3-10,15H,2,22H2,1H3/t15-/m0/s1. The quantitative estimate of drug-likeness (QED) is 0.387. The van der Waals surface area contributed by atoms with E-state index in [2.05, 4.69) is 0 Å². The topological polar surface area (TPSA) is 122 Å². The Labute approximate surface area is 174 Å². The highest BCUT2D eigenvalue weighted by Crippen LogP contribution is 2.45. The van der Waals surface area contributed by atoms with E-state index in [1.165, 1.54) is 24.3 Å². The third-order valence-electron chi connectivity index (χ3n) is 4.79. The molecule has 0 amide bonds. The van der Waals surface area contributed by atoms with E-state index in [-0.39, 0.29) is 39.8 Å². The lowest BCUT2D eigenvalue weighted by molar-refractivity contribution is -0.384. The summed E-state index contributed by atoms with van der Waals surface area (Å²) in [6.07, 6.45) is 0. The smallest absolute Gasteiger partial charge is 0.340 e. The van der Waals surface area contributed by atoms with Gasteiger partial charge in [0, 0.05) is 22.2 Å². The maximum Gasteiger partial charge on any atom is 0.340 e. The van der Waals surface area contributed by atoms with Crippen molar-refractivity contribution >= 4 is 33.1 Å². The minimum absolute atomic E-state index is 0.00205. The Morgan fingerprint density at radius 3 is 2.60 bits per heavy atom. The van der Waals surface area contributed by atoms with Crippen molar-refractivity contribution in [2.75, 3.05) is 6.61 Å². The summed E-state index contributed by atoms with van der Waals surface area (Å²) in [5.41, 5.74) is 6.76. The molecule has 3 aromatic rings. The van der Waals surface area contributed by atoms with Crippen LogP contribution in [0.5, 0.6) is 5.75 Å². The van der Waals surface area contributed by atoms with Gasteiger partial charge >= 0.3 is 5.97 Å². The van der Waals surface area contributed by atoms with Gasteiger partial charge in [-0.25, -0.2) is 4.79 Å². The number of esters is 1. The number of hydrogen-bond donors (Lipinski definition) is 1. The minimum atomic E-state index is -0.873. The van der Waals surface area contributed by atoms with E-state index in [1.54, 1.807) is 19.1 Å². The van der Waals surface area contributed by atoms with Crippen LogP contribution in [0.1, 0.15) is 24.0 Å². The second-order valence-corrected chi connectivity index (χ2v) is 7.53. The summed E-state index contributed by atoms with van der Waals surface area (Å²) in [6.45, 7) is 1.77. The Kier molecular flexibility index (Phi) is 4.96.